The summed E-state index contributed by atoms with van der Waals surface area (Å²) in [4.78, 5) is 22.3. The van der Waals surface area contributed by atoms with Crippen molar-refractivity contribution in [1.29, 1.82) is 0 Å². The number of hydrogen-bond donors (Lipinski definition) is 1. The molecule has 0 saturated heterocycles. The fourth-order valence-electron chi connectivity index (χ4n) is 1.70. The Balaban J connectivity index is 2.95. The fraction of sp³-hybridized carbons (Fsp3) is 0.417. The standard InChI is InChI=1S/C12H15ClN2O5/c1-7(12(19-2)20-3)14-11(16)9-5-4-8(13)6-10(9)15(17)18/h4-7,12H,1-3H3,(H,14,16). The van der Waals surface area contributed by atoms with Crippen LogP contribution in [0, 0.1) is 10.1 Å². The van der Waals surface area contributed by atoms with E-state index in [-0.39, 0.29) is 16.3 Å². The molecule has 0 fully saturated rings. The number of nitrogens with one attached hydrogen (secondary N) is 1. The summed E-state index contributed by atoms with van der Waals surface area (Å²) in [7, 11) is 2.86. The van der Waals surface area contributed by atoms with Crippen LogP contribution in [0.15, 0.2) is 18.2 Å². The molecule has 7 nitrogen and oxygen atoms in total. The van der Waals surface area contributed by atoms with Gasteiger partial charge in [0.15, 0.2) is 6.29 Å². The van der Waals surface area contributed by atoms with E-state index < -0.39 is 23.2 Å². The predicted octanol–water partition coefficient (Wildman–Crippen LogP) is 1.99. The number of hydrogen-bond acceptors (Lipinski definition) is 5. The highest BCUT2D eigenvalue weighted by molar-refractivity contribution is 6.31. The maximum atomic E-state index is 12.1. The molecule has 1 amide bonds. The number of nitro groups is 1. The SMILES string of the molecule is COC(OC)C(C)NC(=O)c1ccc(Cl)cc1[N+](=O)[O-]. The zero-order valence-electron chi connectivity index (χ0n) is 11.3. The molecular formula is C12H15ClN2O5. The van der Waals surface area contributed by atoms with E-state index in [0.29, 0.717) is 0 Å². The molecule has 0 aliphatic heterocycles. The van der Waals surface area contributed by atoms with Crippen molar-refractivity contribution < 1.29 is 19.2 Å². The highest BCUT2D eigenvalue weighted by atomic mass is 35.5. The molecule has 20 heavy (non-hydrogen) atoms. The lowest BCUT2D eigenvalue weighted by atomic mass is 10.1. The molecule has 0 spiro atoms. The molecule has 1 unspecified atom stereocenters. The van der Waals surface area contributed by atoms with Crippen LogP contribution in [0.1, 0.15) is 17.3 Å². The summed E-state index contributed by atoms with van der Waals surface area (Å²) in [6.07, 6.45) is -0.648. The molecule has 1 aromatic carbocycles. The van der Waals surface area contributed by atoms with Gasteiger partial charge in [0.1, 0.15) is 5.56 Å². The number of methoxy groups -OCH3 is 2. The smallest absolute Gasteiger partial charge is 0.283 e. The van der Waals surface area contributed by atoms with Gasteiger partial charge in [0.2, 0.25) is 0 Å². The van der Waals surface area contributed by atoms with Gasteiger partial charge in [-0.2, -0.15) is 0 Å². The Morgan fingerprint density at radius 3 is 2.50 bits per heavy atom. The molecule has 0 heterocycles. The van der Waals surface area contributed by atoms with Gasteiger partial charge in [0.25, 0.3) is 11.6 Å². The van der Waals surface area contributed by atoms with E-state index in [9.17, 15) is 14.9 Å². The molecule has 1 atom stereocenters. The van der Waals surface area contributed by atoms with Gasteiger partial charge in [-0.3, -0.25) is 14.9 Å². The number of nitrogens with zero attached hydrogens (tertiary/aromatic N) is 1. The first kappa shape index (κ1) is 16.4. The molecule has 0 aliphatic rings. The van der Waals surface area contributed by atoms with Crippen LogP contribution < -0.4 is 5.32 Å². The number of rotatable bonds is 6. The Hall–Kier alpha value is -1.70. The minimum Gasteiger partial charge on any atom is -0.354 e. The Labute approximate surface area is 121 Å². The van der Waals surface area contributed by atoms with Crippen molar-refractivity contribution in [1.82, 2.24) is 5.32 Å². The molecule has 1 N–H and O–H groups in total. The summed E-state index contributed by atoms with van der Waals surface area (Å²) in [6.45, 7) is 1.66. The predicted molar refractivity (Wildman–Crippen MR) is 72.8 cm³/mol. The average molecular weight is 303 g/mol. The third kappa shape index (κ3) is 3.89. The van der Waals surface area contributed by atoms with Gasteiger partial charge in [-0.1, -0.05) is 11.6 Å². The lowest BCUT2D eigenvalue weighted by Crippen LogP contribution is -2.43. The van der Waals surface area contributed by atoms with Crippen molar-refractivity contribution in [2.24, 2.45) is 0 Å². The molecule has 1 aromatic rings. The molecule has 0 saturated carbocycles. The highest BCUT2D eigenvalue weighted by Gasteiger charge is 2.24. The van der Waals surface area contributed by atoms with Crippen LogP contribution in [0.5, 0.6) is 0 Å². The van der Waals surface area contributed by atoms with Crippen molar-refractivity contribution >= 4 is 23.2 Å². The minimum atomic E-state index is -0.657. The van der Waals surface area contributed by atoms with Crippen LogP contribution in [-0.2, 0) is 9.47 Å². The van der Waals surface area contributed by atoms with E-state index >= 15 is 0 Å². The van der Waals surface area contributed by atoms with Crippen molar-refractivity contribution in [2.75, 3.05) is 14.2 Å². The summed E-state index contributed by atoms with van der Waals surface area (Å²) >= 11 is 5.69. The maximum absolute atomic E-state index is 12.1. The zero-order chi connectivity index (χ0) is 15.3. The molecule has 110 valence electrons. The Kier molecular flexibility index (Phi) is 5.87. The molecule has 8 heteroatoms. The Bertz CT molecular complexity index is 505. The quantitative estimate of drug-likeness (QED) is 0.493. The number of carbonyl (C=O) groups is 1. The first-order valence-electron chi connectivity index (χ1n) is 5.71. The van der Waals surface area contributed by atoms with Crippen LogP contribution in [0.2, 0.25) is 5.02 Å². The summed E-state index contributed by atoms with van der Waals surface area (Å²) in [5, 5.41) is 13.7. The number of benzene rings is 1. The third-order valence-corrected chi connectivity index (χ3v) is 2.87. The van der Waals surface area contributed by atoms with Gasteiger partial charge in [0, 0.05) is 25.3 Å². The minimum absolute atomic E-state index is 0.0720. The molecule has 0 aromatic heterocycles. The zero-order valence-corrected chi connectivity index (χ0v) is 12.0. The monoisotopic (exact) mass is 302 g/mol. The van der Waals surface area contributed by atoms with Crippen LogP contribution in [0.4, 0.5) is 5.69 Å². The van der Waals surface area contributed by atoms with Gasteiger partial charge < -0.3 is 14.8 Å². The van der Waals surface area contributed by atoms with Crippen molar-refractivity contribution in [3.05, 3.63) is 38.9 Å². The maximum Gasteiger partial charge on any atom is 0.283 e. The second kappa shape index (κ2) is 7.18. The van der Waals surface area contributed by atoms with Crippen LogP contribution in [0.3, 0.4) is 0 Å². The van der Waals surface area contributed by atoms with Crippen molar-refractivity contribution in [3.63, 3.8) is 0 Å². The Morgan fingerprint density at radius 1 is 1.40 bits per heavy atom. The number of carbonyl (C=O) groups excluding carboxylic acids is 1. The van der Waals surface area contributed by atoms with E-state index in [0.717, 1.165) is 6.07 Å². The van der Waals surface area contributed by atoms with Crippen LogP contribution in [-0.4, -0.2) is 37.4 Å². The number of halogens is 1. The summed E-state index contributed by atoms with van der Waals surface area (Å²) in [5.74, 6) is -0.597. The van der Waals surface area contributed by atoms with Crippen molar-refractivity contribution in [2.45, 2.75) is 19.3 Å². The first-order chi connectivity index (χ1) is 9.40. The molecule has 0 bridgehead atoms. The summed E-state index contributed by atoms with van der Waals surface area (Å²) in [6, 6.07) is 3.37. The van der Waals surface area contributed by atoms with Gasteiger partial charge in [-0.25, -0.2) is 0 Å². The van der Waals surface area contributed by atoms with Gasteiger partial charge >= 0.3 is 0 Å². The van der Waals surface area contributed by atoms with E-state index in [1.807, 2.05) is 0 Å². The van der Waals surface area contributed by atoms with E-state index in [1.165, 1.54) is 26.4 Å². The largest absolute Gasteiger partial charge is 0.354 e. The average Bonchev–Trinajstić information content (AvgIpc) is 2.39. The summed E-state index contributed by atoms with van der Waals surface area (Å²) < 4.78 is 10.0. The number of nitro benzene ring substituents is 1. The second-order valence-electron chi connectivity index (χ2n) is 4.02. The fourth-order valence-corrected chi connectivity index (χ4v) is 1.87. The third-order valence-electron chi connectivity index (χ3n) is 2.63. The number of amides is 1. The first-order valence-corrected chi connectivity index (χ1v) is 6.09. The van der Waals surface area contributed by atoms with Gasteiger partial charge in [-0.15, -0.1) is 0 Å². The van der Waals surface area contributed by atoms with Gasteiger partial charge in [-0.05, 0) is 19.1 Å². The summed E-state index contributed by atoms with van der Waals surface area (Å²) in [5.41, 5.74) is -0.425. The highest BCUT2D eigenvalue weighted by Crippen LogP contribution is 2.23. The Morgan fingerprint density at radius 2 is 2.00 bits per heavy atom. The topological polar surface area (TPSA) is 90.7 Å². The number of ether oxygens (including phenoxy) is 2. The van der Waals surface area contributed by atoms with E-state index in [1.54, 1.807) is 6.92 Å². The lowest BCUT2D eigenvalue weighted by molar-refractivity contribution is -0.385. The van der Waals surface area contributed by atoms with Gasteiger partial charge in [0.05, 0.1) is 11.0 Å². The van der Waals surface area contributed by atoms with E-state index in [2.05, 4.69) is 5.32 Å². The van der Waals surface area contributed by atoms with Crippen molar-refractivity contribution in [3.8, 4) is 0 Å². The molecule has 1 rings (SSSR count). The van der Waals surface area contributed by atoms with E-state index in [4.69, 9.17) is 21.1 Å². The lowest BCUT2D eigenvalue weighted by Gasteiger charge is -2.22. The normalized spacial score (nSPS) is 12.2. The molecule has 0 radical (unpaired) electrons. The molecular weight excluding hydrogens is 288 g/mol. The van der Waals surface area contributed by atoms with Crippen LogP contribution >= 0.6 is 11.6 Å². The van der Waals surface area contributed by atoms with Crippen LogP contribution in [0.25, 0.3) is 0 Å². The molecule has 0 aliphatic carbocycles. The second-order valence-corrected chi connectivity index (χ2v) is 4.46.